The lowest BCUT2D eigenvalue weighted by Crippen LogP contribution is -2.10. The van der Waals surface area contributed by atoms with Gasteiger partial charge in [0.25, 0.3) is 0 Å². The first-order valence-electron chi connectivity index (χ1n) is 5.44. The van der Waals surface area contributed by atoms with Crippen LogP contribution in [-0.4, -0.2) is 15.6 Å². The number of aliphatic hydroxyl groups is 1. The van der Waals surface area contributed by atoms with Gasteiger partial charge >= 0.3 is 5.71 Å². The van der Waals surface area contributed by atoms with Crippen molar-refractivity contribution in [2.45, 2.75) is 6.42 Å². The minimum atomic E-state index is 0.248. The van der Waals surface area contributed by atoms with Crippen molar-refractivity contribution >= 4 is 22.2 Å². The molecule has 1 aliphatic rings. The first kappa shape index (κ1) is 9.82. The third-order valence-corrected chi connectivity index (χ3v) is 3.10. The molecule has 1 aliphatic carbocycles. The summed E-state index contributed by atoms with van der Waals surface area (Å²) in [5.74, 6) is 0.248. The number of rotatable bonds is 0. The van der Waals surface area contributed by atoms with Gasteiger partial charge in [-0.05, 0) is 22.9 Å². The molecule has 0 atom stereocenters. The number of hydrogen-bond donors (Lipinski definition) is 1. The Hall–Kier alpha value is -2.38. The molecule has 3 rings (SSSR count). The first-order chi connectivity index (χ1) is 8.31. The van der Waals surface area contributed by atoms with Crippen LogP contribution in [0.5, 0.6) is 0 Å². The van der Waals surface area contributed by atoms with Gasteiger partial charge in [0.15, 0.2) is 0 Å². The van der Waals surface area contributed by atoms with Gasteiger partial charge in [-0.2, -0.15) is 4.79 Å². The summed E-state index contributed by atoms with van der Waals surface area (Å²) in [4.78, 5) is 3.33. The maximum Gasteiger partial charge on any atom is 0.304 e. The molecule has 0 aromatic heterocycles. The molecule has 0 spiro atoms. The number of benzene rings is 2. The lowest BCUT2D eigenvalue weighted by Gasteiger charge is -2.12. The second-order valence-electron chi connectivity index (χ2n) is 4.05. The molecule has 2 aromatic carbocycles. The molecule has 0 amide bonds. The second-order valence-corrected chi connectivity index (χ2v) is 4.05. The van der Waals surface area contributed by atoms with E-state index in [1.54, 1.807) is 6.08 Å². The Labute approximate surface area is 98.3 Å². The topological polar surface area (TPSA) is 56.6 Å². The van der Waals surface area contributed by atoms with Crippen molar-refractivity contribution in [2.75, 3.05) is 0 Å². The number of hydrogen-bond acceptors (Lipinski definition) is 1. The predicted molar refractivity (Wildman–Crippen MR) is 66.9 cm³/mol. The fourth-order valence-corrected chi connectivity index (χ4v) is 2.29. The van der Waals surface area contributed by atoms with Gasteiger partial charge in [0.1, 0.15) is 5.76 Å². The molecular formula is C14H10N2O. The lowest BCUT2D eigenvalue weighted by molar-refractivity contribution is -0.00604. The van der Waals surface area contributed by atoms with Gasteiger partial charge in [0.05, 0.1) is 12.0 Å². The highest BCUT2D eigenvalue weighted by molar-refractivity contribution is 6.13. The number of fused-ring (bicyclic) bond motifs is 3. The number of allylic oxidation sites excluding steroid dienone is 1. The summed E-state index contributed by atoms with van der Waals surface area (Å²) in [5.41, 5.74) is 11.2. The zero-order chi connectivity index (χ0) is 11.8. The summed E-state index contributed by atoms with van der Waals surface area (Å²) in [5, 5.41) is 11.9. The zero-order valence-electron chi connectivity index (χ0n) is 9.09. The Morgan fingerprint density at radius 1 is 1.12 bits per heavy atom. The Morgan fingerprint density at radius 3 is 2.76 bits per heavy atom. The van der Waals surface area contributed by atoms with E-state index in [1.165, 1.54) is 0 Å². The maximum absolute atomic E-state index is 9.86. The molecule has 82 valence electrons. The van der Waals surface area contributed by atoms with E-state index in [1.807, 2.05) is 36.4 Å². The van der Waals surface area contributed by atoms with E-state index in [2.05, 4.69) is 4.79 Å². The van der Waals surface area contributed by atoms with Crippen molar-refractivity contribution in [3.63, 3.8) is 0 Å². The molecule has 1 N–H and O–H groups in total. The van der Waals surface area contributed by atoms with Crippen LogP contribution in [0.25, 0.3) is 22.1 Å². The largest absolute Gasteiger partial charge is 0.508 e. The van der Waals surface area contributed by atoms with Crippen LogP contribution >= 0.6 is 0 Å². The minimum Gasteiger partial charge on any atom is -0.508 e. The molecule has 3 nitrogen and oxygen atoms in total. The average Bonchev–Trinajstić information content (AvgIpc) is 2.39. The van der Waals surface area contributed by atoms with Crippen molar-refractivity contribution in [3.8, 4) is 0 Å². The third kappa shape index (κ3) is 1.37. The smallest absolute Gasteiger partial charge is 0.304 e. The summed E-state index contributed by atoms with van der Waals surface area (Å²) in [6, 6.07) is 11.7. The standard InChI is InChI=1S/C14H10N2O/c15-16-12-7-8-13(17)11-6-5-9-3-1-2-4-10(9)14(11)12/h1-6,8,17H,7H2. The van der Waals surface area contributed by atoms with Crippen molar-refractivity contribution in [2.24, 2.45) is 0 Å². The zero-order valence-corrected chi connectivity index (χ0v) is 9.09. The molecule has 3 heteroatoms. The molecule has 0 radical (unpaired) electrons. The molecule has 0 aliphatic heterocycles. The Balaban J connectivity index is 2.49. The van der Waals surface area contributed by atoms with E-state index in [0.29, 0.717) is 12.1 Å². The molecule has 17 heavy (non-hydrogen) atoms. The highest BCUT2D eigenvalue weighted by atomic mass is 16.3. The van der Waals surface area contributed by atoms with Crippen molar-refractivity contribution in [1.82, 2.24) is 0 Å². The molecule has 0 saturated carbocycles. The average molecular weight is 222 g/mol. The van der Waals surface area contributed by atoms with E-state index < -0.39 is 0 Å². The summed E-state index contributed by atoms with van der Waals surface area (Å²) in [7, 11) is 0. The number of nitrogens with zero attached hydrogens (tertiary/aromatic N) is 2. The molecule has 0 heterocycles. The first-order valence-corrected chi connectivity index (χ1v) is 5.44. The van der Waals surface area contributed by atoms with Crippen molar-refractivity contribution in [3.05, 3.63) is 59.1 Å². The van der Waals surface area contributed by atoms with Crippen LogP contribution in [-0.2, 0) is 0 Å². The van der Waals surface area contributed by atoms with Gasteiger partial charge in [0.2, 0.25) is 0 Å². The van der Waals surface area contributed by atoms with E-state index >= 15 is 0 Å². The quantitative estimate of drug-likeness (QED) is 0.540. The molecule has 0 fully saturated rings. The summed E-state index contributed by atoms with van der Waals surface area (Å²) < 4.78 is 0. The number of aliphatic hydroxyl groups excluding tert-OH is 1. The van der Waals surface area contributed by atoms with Crippen molar-refractivity contribution in [1.29, 1.82) is 0 Å². The molecule has 0 bridgehead atoms. The van der Waals surface area contributed by atoms with Crippen LogP contribution in [0.15, 0.2) is 42.5 Å². The second kappa shape index (κ2) is 3.58. The highest BCUT2D eigenvalue weighted by Crippen LogP contribution is 2.30. The SMILES string of the molecule is [N-]=[N+]=C1CC=C(O)c2ccc3ccccc3c21. The summed E-state index contributed by atoms with van der Waals surface area (Å²) >= 11 is 0. The molecular weight excluding hydrogens is 212 g/mol. The van der Waals surface area contributed by atoms with Gasteiger partial charge in [0, 0.05) is 5.56 Å². The van der Waals surface area contributed by atoms with Gasteiger partial charge < -0.3 is 10.6 Å². The van der Waals surface area contributed by atoms with Crippen LogP contribution in [0.4, 0.5) is 0 Å². The minimum absolute atomic E-state index is 0.248. The van der Waals surface area contributed by atoms with Crippen LogP contribution in [0, 0.1) is 0 Å². The van der Waals surface area contributed by atoms with Gasteiger partial charge in [-0.15, -0.1) is 0 Å². The van der Waals surface area contributed by atoms with Crippen LogP contribution < -0.4 is 0 Å². The maximum atomic E-state index is 9.86. The van der Waals surface area contributed by atoms with E-state index in [9.17, 15) is 5.11 Å². The van der Waals surface area contributed by atoms with Crippen LogP contribution in [0.1, 0.15) is 17.5 Å². The van der Waals surface area contributed by atoms with Gasteiger partial charge in [-0.25, -0.2) is 0 Å². The van der Waals surface area contributed by atoms with Gasteiger partial charge in [-0.3, -0.25) is 0 Å². The fourth-order valence-electron chi connectivity index (χ4n) is 2.29. The van der Waals surface area contributed by atoms with Gasteiger partial charge in [-0.1, -0.05) is 30.3 Å². The Bertz CT molecular complexity index is 694. The Morgan fingerprint density at radius 2 is 1.94 bits per heavy atom. The third-order valence-electron chi connectivity index (χ3n) is 3.10. The highest BCUT2D eigenvalue weighted by Gasteiger charge is 2.25. The summed E-state index contributed by atoms with van der Waals surface area (Å²) in [6.45, 7) is 0. The van der Waals surface area contributed by atoms with E-state index in [0.717, 1.165) is 21.9 Å². The van der Waals surface area contributed by atoms with E-state index in [4.69, 9.17) is 5.53 Å². The molecule has 0 unspecified atom stereocenters. The lowest BCUT2D eigenvalue weighted by atomic mass is 9.89. The summed E-state index contributed by atoms with van der Waals surface area (Å²) in [6.07, 6.45) is 2.11. The predicted octanol–water partition coefficient (Wildman–Crippen LogP) is 3.16. The van der Waals surface area contributed by atoms with Crippen LogP contribution in [0.3, 0.4) is 0 Å². The molecule has 2 aromatic rings. The molecule has 0 saturated heterocycles. The van der Waals surface area contributed by atoms with E-state index in [-0.39, 0.29) is 5.76 Å². The van der Waals surface area contributed by atoms with Crippen molar-refractivity contribution < 1.29 is 9.90 Å². The monoisotopic (exact) mass is 222 g/mol. The normalized spacial score (nSPS) is 14.1. The Kier molecular flexibility index (Phi) is 2.07. The van der Waals surface area contributed by atoms with Crippen LogP contribution in [0.2, 0.25) is 0 Å². The fraction of sp³-hybridized carbons (Fsp3) is 0.0714.